The lowest BCUT2D eigenvalue weighted by Crippen LogP contribution is -2.27. The Balaban J connectivity index is 1.66. The molecule has 2 unspecified atom stereocenters. The number of anilines is 1. The van der Waals surface area contributed by atoms with E-state index in [1.165, 1.54) is 12.1 Å². The predicted molar refractivity (Wildman–Crippen MR) is 124 cm³/mol. The molecule has 2 atom stereocenters. The quantitative estimate of drug-likeness (QED) is 0.359. The van der Waals surface area contributed by atoms with Crippen molar-refractivity contribution in [2.75, 3.05) is 12.0 Å². The van der Waals surface area contributed by atoms with E-state index in [1.54, 1.807) is 13.2 Å². The molecule has 0 amide bonds. The molecule has 0 spiro atoms. The summed E-state index contributed by atoms with van der Waals surface area (Å²) in [5.74, 6) is 1.02. The summed E-state index contributed by atoms with van der Waals surface area (Å²) in [6.45, 7) is 3.98. The number of hydrogen-bond donors (Lipinski definition) is 0. The predicted octanol–water partition coefficient (Wildman–Crippen LogP) is 6.01. The first-order valence-corrected chi connectivity index (χ1v) is 10.7. The molecule has 2 aromatic heterocycles. The van der Waals surface area contributed by atoms with Crippen LogP contribution in [0.3, 0.4) is 0 Å². The van der Waals surface area contributed by atoms with E-state index in [0.29, 0.717) is 10.8 Å². The number of fused-ring (bicyclic) bond motifs is 1. The SMILES string of the molecule is COc1cc(F)ccc1C1C=CC(c2cc(C)c3nnc(C)n3c2)N1c1ccc(Cl)cc1. The number of aromatic nitrogens is 3. The van der Waals surface area contributed by atoms with Crippen LogP contribution in [0.1, 0.15) is 34.6 Å². The van der Waals surface area contributed by atoms with Gasteiger partial charge in [-0.05, 0) is 61.4 Å². The number of nitrogens with zero attached hydrogens (tertiary/aromatic N) is 4. The number of pyridine rings is 1. The van der Waals surface area contributed by atoms with Gasteiger partial charge in [0.15, 0.2) is 5.65 Å². The summed E-state index contributed by atoms with van der Waals surface area (Å²) in [4.78, 5) is 2.28. The van der Waals surface area contributed by atoms with Crippen LogP contribution < -0.4 is 9.64 Å². The van der Waals surface area contributed by atoms with Crippen molar-refractivity contribution in [3.05, 3.63) is 100 Å². The van der Waals surface area contributed by atoms with Gasteiger partial charge in [-0.15, -0.1) is 10.2 Å². The van der Waals surface area contributed by atoms with Gasteiger partial charge in [0.1, 0.15) is 17.4 Å². The van der Waals surface area contributed by atoms with Gasteiger partial charge in [-0.1, -0.05) is 29.8 Å². The summed E-state index contributed by atoms with van der Waals surface area (Å²) in [5, 5.41) is 9.17. The van der Waals surface area contributed by atoms with Gasteiger partial charge in [0, 0.05) is 28.5 Å². The largest absolute Gasteiger partial charge is 0.496 e. The van der Waals surface area contributed by atoms with Crippen molar-refractivity contribution < 1.29 is 9.13 Å². The molecule has 7 heteroatoms. The first-order valence-electron chi connectivity index (χ1n) is 10.3. The maximum Gasteiger partial charge on any atom is 0.163 e. The molecule has 0 fully saturated rings. The molecule has 162 valence electrons. The second-order valence-electron chi connectivity index (χ2n) is 7.94. The van der Waals surface area contributed by atoms with Crippen LogP contribution in [-0.4, -0.2) is 21.7 Å². The maximum atomic E-state index is 13.9. The van der Waals surface area contributed by atoms with Crippen molar-refractivity contribution in [1.82, 2.24) is 14.6 Å². The molecule has 1 aliphatic heterocycles. The van der Waals surface area contributed by atoms with Crippen LogP contribution in [0.4, 0.5) is 10.1 Å². The third-order valence-electron chi connectivity index (χ3n) is 5.94. The van der Waals surface area contributed by atoms with Gasteiger partial charge in [0.2, 0.25) is 0 Å². The highest BCUT2D eigenvalue weighted by Gasteiger charge is 2.33. The lowest BCUT2D eigenvalue weighted by Gasteiger charge is -2.34. The van der Waals surface area contributed by atoms with Crippen molar-refractivity contribution >= 4 is 22.9 Å². The monoisotopic (exact) mass is 448 g/mol. The summed E-state index contributed by atoms with van der Waals surface area (Å²) in [7, 11) is 1.56. The standard InChI is InChI=1S/C25H22ClFN4O/c1-15-12-17(14-30-16(2)28-29-25(15)30)22-10-11-23(21-9-6-19(27)13-24(21)32-3)31(22)20-7-4-18(26)5-8-20/h4-14,22-23H,1-3H3. The summed E-state index contributed by atoms with van der Waals surface area (Å²) < 4.78 is 21.4. The topological polar surface area (TPSA) is 42.7 Å². The second kappa shape index (κ2) is 7.95. The Morgan fingerprint density at radius 1 is 0.969 bits per heavy atom. The van der Waals surface area contributed by atoms with Crippen LogP contribution in [0.2, 0.25) is 5.02 Å². The van der Waals surface area contributed by atoms with Crippen LogP contribution in [0, 0.1) is 19.7 Å². The number of benzene rings is 2. The fourth-order valence-electron chi connectivity index (χ4n) is 4.41. The van der Waals surface area contributed by atoms with Crippen molar-refractivity contribution in [2.24, 2.45) is 0 Å². The number of aryl methyl sites for hydroxylation is 2. The highest BCUT2D eigenvalue weighted by molar-refractivity contribution is 6.30. The van der Waals surface area contributed by atoms with E-state index in [-0.39, 0.29) is 17.9 Å². The third-order valence-corrected chi connectivity index (χ3v) is 6.19. The zero-order valence-corrected chi connectivity index (χ0v) is 18.7. The molecule has 1 aliphatic rings. The van der Waals surface area contributed by atoms with E-state index in [9.17, 15) is 4.39 Å². The van der Waals surface area contributed by atoms with Gasteiger partial charge in [0.05, 0.1) is 19.2 Å². The van der Waals surface area contributed by atoms with Crippen LogP contribution in [0.5, 0.6) is 5.75 Å². The van der Waals surface area contributed by atoms with E-state index in [1.807, 2.05) is 42.5 Å². The Labute approximate surface area is 190 Å². The molecule has 0 bridgehead atoms. The third kappa shape index (κ3) is 3.41. The highest BCUT2D eigenvalue weighted by atomic mass is 35.5. The van der Waals surface area contributed by atoms with Gasteiger partial charge in [-0.25, -0.2) is 4.39 Å². The van der Waals surface area contributed by atoms with Crippen molar-refractivity contribution in [3.63, 3.8) is 0 Å². The average molecular weight is 449 g/mol. The van der Waals surface area contributed by atoms with Crippen LogP contribution in [0.15, 0.2) is 66.9 Å². The number of rotatable bonds is 4. The van der Waals surface area contributed by atoms with Crippen LogP contribution in [0.25, 0.3) is 5.65 Å². The molecule has 0 saturated heterocycles. The Morgan fingerprint density at radius 3 is 2.47 bits per heavy atom. The lowest BCUT2D eigenvalue weighted by molar-refractivity contribution is 0.403. The minimum atomic E-state index is -0.327. The number of hydrogen-bond acceptors (Lipinski definition) is 4. The Kier molecular flexibility index (Phi) is 5.10. The summed E-state index contributed by atoms with van der Waals surface area (Å²) in [6, 6.07) is 14.4. The normalized spacial score (nSPS) is 18.0. The molecule has 0 radical (unpaired) electrons. The molecule has 4 aromatic rings. The molecular formula is C25H22ClFN4O. The molecule has 0 N–H and O–H groups in total. The molecule has 5 nitrogen and oxygen atoms in total. The van der Waals surface area contributed by atoms with E-state index in [0.717, 1.165) is 33.8 Å². The summed E-state index contributed by atoms with van der Waals surface area (Å²) in [6.07, 6.45) is 6.38. The minimum absolute atomic E-state index is 0.0548. The first-order chi connectivity index (χ1) is 15.5. The van der Waals surface area contributed by atoms with Gasteiger partial charge in [-0.2, -0.15) is 0 Å². The first kappa shape index (κ1) is 20.5. The smallest absolute Gasteiger partial charge is 0.163 e. The van der Waals surface area contributed by atoms with Gasteiger partial charge < -0.3 is 9.64 Å². The van der Waals surface area contributed by atoms with E-state index >= 15 is 0 Å². The molecule has 32 heavy (non-hydrogen) atoms. The number of methoxy groups -OCH3 is 1. The Hall–Kier alpha value is -3.38. The van der Waals surface area contributed by atoms with Crippen molar-refractivity contribution in [3.8, 4) is 5.75 Å². The number of ether oxygens (including phenoxy) is 1. The molecule has 0 saturated carbocycles. The van der Waals surface area contributed by atoms with E-state index in [4.69, 9.17) is 16.3 Å². The fourth-order valence-corrected chi connectivity index (χ4v) is 4.54. The van der Waals surface area contributed by atoms with E-state index in [2.05, 4.69) is 39.5 Å². The molecule has 3 heterocycles. The zero-order chi connectivity index (χ0) is 22.4. The molecule has 2 aromatic carbocycles. The van der Waals surface area contributed by atoms with Gasteiger partial charge >= 0.3 is 0 Å². The molecule has 0 aliphatic carbocycles. The summed E-state index contributed by atoms with van der Waals surface area (Å²) >= 11 is 6.17. The Morgan fingerprint density at radius 2 is 1.72 bits per heavy atom. The van der Waals surface area contributed by atoms with E-state index < -0.39 is 0 Å². The van der Waals surface area contributed by atoms with Crippen LogP contribution >= 0.6 is 11.6 Å². The van der Waals surface area contributed by atoms with Gasteiger partial charge in [0.25, 0.3) is 0 Å². The highest BCUT2D eigenvalue weighted by Crippen LogP contribution is 2.45. The Bertz CT molecular complexity index is 1330. The number of halogens is 2. The summed E-state index contributed by atoms with van der Waals surface area (Å²) in [5.41, 5.74) is 4.89. The lowest BCUT2D eigenvalue weighted by atomic mass is 10.0. The zero-order valence-electron chi connectivity index (χ0n) is 18.0. The molecular weight excluding hydrogens is 427 g/mol. The maximum absolute atomic E-state index is 13.9. The van der Waals surface area contributed by atoms with Crippen LogP contribution in [-0.2, 0) is 0 Å². The van der Waals surface area contributed by atoms with Crippen molar-refractivity contribution in [1.29, 1.82) is 0 Å². The minimum Gasteiger partial charge on any atom is -0.496 e. The van der Waals surface area contributed by atoms with Gasteiger partial charge in [-0.3, -0.25) is 4.40 Å². The molecule has 5 rings (SSSR count). The fraction of sp³-hybridized carbons (Fsp3) is 0.200. The van der Waals surface area contributed by atoms with Crippen molar-refractivity contribution in [2.45, 2.75) is 25.9 Å². The second-order valence-corrected chi connectivity index (χ2v) is 8.38. The average Bonchev–Trinajstić information content (AvgIpc) is 3.39.